The molecule has 0 aliphatic carbocycles. The number of amides is 1. The molecular weight excluding hydrogens is 488 g/mol. The van der Waals surface area contributed by atoms with E-state index >= 15 is 0 Å². The summed E-state index contributed by atoms with van der Waals surface area (Å²) >= 11 is 0. The summed E-state index contributed by atoms with van der Waals surface area (Å²) < 4.78 is 28.9. The number of aromatic nitrogens is 1. The number of nitrogens with one attached hydrogen (secondary N) is 2. The van der Waals surface area contributed by atoms with Crippen molar-refractivity contribution in [3.63, 3.8) is 0 Å². The van der Waals surface area contributed by atoms with Crippen LogP contribution in [0.25, 0.3) is 10.9 Å². The summed E-state index contributed by atoms with van der Waals surface area (Å²) in [6.07, 6.45) is 4.52. The van der Waals surface area contributed by atoms with Crippen LogP contribution in [0.3, 0.4) is 0 Å². The first-order valence-electron chi connectivity index (χ1n) is 13.1. The van der Waals surface area contributed by atoms with E-state index in [0.717, 1.165) is 47.8 Å². The van der Waals surface area contributed by atoms with Gasteiger partial charge >= 0.3 is 0 Å². The number of anilines is 1. The Morgan fingerprint density at radius 3 is 2.62 bits per heavy atom. The Morgan fingerprint density at radius 1 is 1.16 bits per heavy atom. The molecule has 0 bridgehead atoms. The molecule has 2 heterocycles. The Balaban J connectivity index is 1.66. The van der Waals surface area contributed by atoms with Crippen molar-refractivity contribution in [3.8, 4) is 0 Å². The fraction of sp³-hybridized carbons (Fsp3) is 0.464. The Morgan fingerprint density at radius 2 is 1.92 bits per heavy atom. The van der Waals surface area contributed by atoms with E-state index in [9.17, 15) is 18.3 Å². The molecule has 0 saturated heterocycles. The maximum absolute atomic E-state index is 13.6. The van der Waals surface area contributed by atoms with Gasteiger partial charge in [-0.1, -0.05) is 50.6 Å². The van der Waals surface area contributed by atoms with Crippen LogP contribution in [0.1, 0.15) is 48.2 Å². The van der Waals surface area contributed by atoms with E-state index in [0.29, 0.717) is 30.8 Å². The summed E-state index contributed by atoms with van der Waals surface area (Å²) in [7, 11) is -1.96. The van der Waals surface area contributed by atoms with E-state index in [2.05, 4.69) is 24.5 Å². The van der Waals surface area contributed by atoms with Gasteiger partial charge in [0.05, 0.1) is 29.1 Å². The van der Waals surface area contributed by atoms with Crippen molar-refractivity contribution in [2.45, 2.75) is 58.2 Å². The van der Waals surface area contributed by atoms with Crippen molar-refractivity contribution >= 4 is 32.5 Å². The number of rotatable bonds is 11. The highest BCUT2D eigenvalue weighted by atomic mass is 32.2. The third-order valence-electron chi connectivity index (χ3n) is 7.16. The minimum atomic E-state index is -3.50. The number of hydrogen-bond acceptors (Lipinski definition) is 5. The molecule has 0 fully saturated rings. The van der Waals surface area contributed by atoms with Gasteiger partial charge in [0.25, 0.3) is 5.91 Å². The lowest BCUT2D eigenvalue weighted by molar-refractivity contribution is 0.0831. The number of sulfonamides is 1. The first kappa shape index (κ1) is 27.2. The Bertz CT molecular complexity index is 1340. The second kappa shape index (κ2) is 11.7. The topological polar surface area (TPSA) is 104 Å². The molecule has 1 aliphatic heterocycles. The second-order valence-electron chi connectivity index (χ2n) is 9.77. The summed E-state index contributed by atoms with van der Waals surface area (Å²) in [5.41, 5.74) is 3.79. The molecule has 37 heavy (non-hydrogen) atoms. The van der Waals surface area contributed by atoms with E-state index in [-0.39, 0.29) is 11.7 Å². The van der Waals surface area contributed by atoms with Gasteiger partial charge in [0.2, 0.25) is 10.0 Å². The van der Waals surface area contributed by atoms with E-state index in [4.69, 9.17) is 0 Å². The van der Waals surface area contributed by atoms with Crippen LogP contribution in [0.15, 0.2) is 48.7 Å². The molecular formula is C28H38N4O4S. The molecule has 2 aromatic carbocycles. The summed E-state index contributed by atoms with van der Waals surface area (Å²) in [6.45, 7) is 5.71. The third-order valence-corrected chi connectivity index (χ3v) is 8.89. The van der Waals surface area contributed by atoms with E-state index in [1.807, 2.05) is 47.2 Å². The highest BCUT2D eigenvalue weighted by molar-refractivity contribution is 7.92. The van der Waals surface area contributed by atoms with Gasteiger partial charge in [-0.05, 0) is 49.1 Å². The van der Waals surface area contributed by atoms with Crippen molar-refractivity contribution < 1.29 is 18.3 Å². The lowest BCUT2D eigenvalue weighted by Crippen LogP contribution is -2.48. The highest BCUT2D eigenvalue weighted by Crippen LogP contribution is 2.35. The van der Waals surface area contributed by atoms with Crippen LogP contribution in [0.2, 0.25) is 0 Å². The van der Waals surface area contributed by atoms with Gasteiger partial charge in [0.1, 0.15) is 0 Å². The van der Waals surface area contributed by atoms with Crippen molar-refractivity contribution in [1.29, 1.82) is 0 Å². The molecule has 1 amide bonds. The van der Waals surface area contributed by atoms with E-state index < -0.39 is 22.2 Å². The first-order chi connectivity index (χ1) is 17.7. The Hall–Kier alpha value is -2.88. The molecule has 0 unspecified atom stereocenters. The zero-order valence-electron chi connectivity index (χ0n) is 21.9. The van der Waals surface area contributed by atoms with Crippen LogP contribution < -0.4 is 14.9 Å². The molecule has 0 spiro atoms. The molecule has 200 valence electrons. The van der Waals surface area contributed by atoms with Crippen LogP contribution in [0.5, 0.6) is 0 Å². The number of carbonyl (C=O) groups is 1. The number of nitrogens with zero attached hydrogens (tertiary/aromatic N) is 2. The maximum atomic E-state index is 13.6. The number of aliphatic hydroxyl groups excluding tert-OH is 1. The minimum absolute atomic E-state index is 0.00299. The predicted octanol–water partition coefficient (Wildman–Crippen LogP) is 3.08. The van der Waals surface area contributed by atoms with E-state index in [1.165, 1.54) is 4.31 Å². The van der Waals surface area contributed by atoms with Crippen molar-refractivity contribution in [3.05, 3.63) is 65.4 Å². The molecule has 1 aliphatic rings. The second-order valence-corrected chi connectivity index (χ2v) is 11.9. The minimum Gasteiger partial charge on any atom is -0.390 e. The summed E-state index contributed by atoms with van der Waals surface area (Å²) in [4.78, 5) is 13.6. The van der Waals surface area contributed by atoms with Crippen LogP contribution in [0, 0.1) is 0 Å². The molecule has 4 rings (SSSR count). The third kappa shape index (κ3) is 6.00. The fourth-order valence-corrected chi connectivity index (χ4v) is 6.05. The number of unbranched alkanes of at least 4 members (excludes halogenated alkanes) is 1. The quantitative estimate of drug-likeness (QED) is 0.333. The van der Waals surface area contributed by atoms with Gasteiger partial charge in [-0.15, -0.1) is 0 Å². The van der Waals surface area contributed by atoms with Gasteiger partial charge < -0.3 is 20.3 Å². The number of aryl methyl sites for hydroxylation is 2. The summed E-state index contributed by atoms with van der Waals surface area (Å²) in [6, 6.07) is 12.8. The average Bonchev–Trinajstić information content (AvgIpc) is 3.22. The fourth-order valence-electron chi connectivity index (χ4n) is 4.91. The van der Waals surface area contributed by atoms with Crippen LogP contribution in [-0.4, -0.2) is 62.0 Å². The van der Waals surface area contributed by atoms with Crippen molar-refractivity contribution in [2.75, 3.05) is 30.2 Å². The number of benzene rings is 2. The summed E-state index contributed by atoms with van der Waals surface area (Å²) in [5.74, 6) is -0.334. The first-order valence-corrected chi connectivity index (χ1v) is 14.7. The molecule has 8 nitrogen and oxygen atoms in total. The smallest absolute Gasteiger partial charge is 0.251 e. The highest BCUT2D eigenvalue weighted by Gasteiger charge is 2.29. The lowest BCUT2D eigenvalue weighted by Gasteiger charge is -2.25. The molecule has 0 saturated carbocycles. The van der Waals surface area contributed by atoms with Crippen molar-refractivity contribution in [2.24, 2.45) is 0 Å². The predicted molar refractivity (Wildman–Crippen MR) is 149 cm³/mol. The van der Waals surface area contributed by atoms with Crippen molar-refractivity contribution in [1.82, 2.24) is 15.2 Å². The van der Waals surface area contributed by atoms with Gasteiger partial charge in [-0.2, -0.15) is 0 Å². The van der Waals surface area contributed by atoms with E-state index in [1.54, 1.807) is 13.1 Å². The molecule has 1 aromatic heterocycles. The Kier molecular flexibility index (Phi) is 8.56. The molecule has 3 aromatic rings. The maximum Gasteiger partial charge on any atom is 0.251 e. The number of hydrogen-bond donors (Lipinski definition) is 3. The molecule has 0 radical (unpaired) electrons. The van der Waals surface area contributed by atoms with Gasteiger partial charge in [-0.25, -0.2) is 8.42 Å². The Labute approximate surface area is 219 Å². The largest absolute Gasteiger partial charge is 0.390 e. The zero-order valence-corrected chi connectivity index (χ0v) is 22.7. The summed E-state index contributed by atoms with van der Waals surface area (Å²) in [5, 5.41) is 18.2. The number of carbonyl (C=O) groups excluding carboxylic acids is 1. The monoisotopic (exact) mass is 526 g/mol. The lowest BCUT2D eigenvalue weighted by atomic mass is 9.99. The van der Waals surface area contributed by atoms with Crippen LogP contribution in [0.4, 0.5) is 5.69 Å². The van der Waals surface area contributed by atoms with Gasteiger partial charge in [-0.3, -0.25) is 9.10 Å². The average molecular weight is 527 g/mol. The molecule has 3 N–H and O–H groups in total. The molecule has 2 atom stereocenters. The number of aliphatic hydroxyl groups is 1. The van der Waals surface area contributed by atoms with Gasteiger partial charge in [0.15, 0.2) is 0 Å². The van der Waals surface area contributed by atoms with Crippen LogP contribution in [-0.2, 0) is 29.4 Å². The SMILES string of the molecule is CCCCNC[C@@H](O)[C@H](Cc1ccccc1)NC(=O)c1cc2c3c(c1)c(CC)cn3CCS(=O)(=O)N2C. The van der Waals surface area contributed by atoms with Gasteiger partial charge in [0, 0.05) is 37.3 Å². The molecule has 9 heteroatoms. The standard InChI is InChI=1S/C28H38N4O4S/c1-4-6-12-29-18-26(33)24(15-20-10-8-7-9-11-20)30-28(34)22-16-23-21(5-2)19-32-13-14-37(35,36)31(3)25(17-22)27(23)32/h7-11,16-17,19,24,26,29,33H,4-6,12-15,18H2,1-3H3,(H,30,34)/t24-,26+/m0/s1. The normalized spacial score (nSPS) is 16.4. The zero-order chi connectivity index (χ0) is 26.6. The van der Waals surface area contributed by atoms with Crippen LogP contribution >= 0.6 is 0 Å².